The van der Waals surface area contributed by atoms with Crippen LogP contribution in [0.1, 0.15) is 20.3 Å². The minimum atomic E-state index is -6.00. The van der Waals surface area contributed by atoms with Crippen molar-refractivity contribution in [2.45, 2.75) is 26.8 Å². The fourth-order valence-corrected chi connectivity index (χ4v) is 2.11. The van der Waals surface area contributed by atoms with Crippen LogP contribution in [0.5, 0.6) is 0 Å². The molecular weight excluding hydrogens is 380 g/mol. The van der Waals surface area contributed by atoms with Crippen molar-refractivity contribution >= 4 is 30.8 Å². The van der Waals surface area contributed by atoms with Gasteiger partial charge in [0, 0.05) is 34.2 Å². The highest BCUT2D eigenvalue weighted by Gasteiger charge is 2.20. The molecule has 0 saturated carbocycles. The molecule has 0 fully saturated rings. The number of halogens is 5. The Morgan fingerprint density at radius 1 is 1.24 bits per heavy atom. The van der Waals surface area contributed by atoms with E-state index < -0.39 is 14.9 Å². The Kier molecular flexibility index (Phi) is 12.2. The predicted molar refractivity (Wildman–Crippen MR) is 77.4 cm³/mol. The monoisotopic (exact) mass is 397 g/mol. The van der Waals surface area contributed by atoms with Crippen LogP contribution in [-0.2, 0) is 11.1 Å². The van der Waals surface area contributed by atoms with Crippen molar-refractivity contribution in [3.8, 4) is 0 Å². The maximum atomic E-state index is 9.93. The zero-order chi connectivity index (χ0) is 17.1. The Hall–Kier alpha value is -0.435. The lowest BCUT2D eigenvalue weighted by Crippen LogP contribution is -2.32. The lowest BCUT2D eigenvalue weighted by Gasteiger charge is -1.96. The SMILES string of the molecule is CCCP(=O)(O)O.CC[n+]1ccccc1Br.F[B-](F)(F)F. The van der Waals surface area contributed by atoms with Gasteiger partial charge in [0.1, 0.15) is 6.54 Å². The van der Waals surface area contributed by atoms with E-state index in [1.54, 1.807) is 6.92 Å². The third-order valence-electron chi connectivity index (χ3n) is 1.74. The van der Waals surface area contributed by atoms with Crippen LogP contribution in [0.25, 0.3) is 0 Å². The number of rotatable bonds is 3. The largest absolute Gasteiger partial charge is 0.673 e. The molecule has 0 saturated heterocycles. The number of hydrogen-bond donors (Lipinski definition) is 2. The smallest absolute Gasteiger partial charge is 0.418 e. The minimum absolute atomic E-state index is 0.00694. The summed E-state index contributed by atoms with van der Waals surface area (Å²) in [6.45, 7) is 4.87. The highest BCUT2D eigenvalue weighted by atomic mass is 79.9. The van der Waals surface area contributed by atoms with E-state index in [4.69, 9.17) is 9.79 Å². The Morgan fingerprint density at radius 3 is 1.90 bits per heavy atom. The summed E-state index contributed by atoms with van der Waals surface area (Å²) in [6.07, 6.45) is 2.60. The second kappa shape index (κ2) is 11.2. The summed E-state index contributed by atoms with van der Waals surface area (Å²) in [5.74, 6) is 0. The summed E-state index contributed by atoms with van der Waals surface area (Å²) >= 11 is 3.42. The molecule has 0 atom stereocenters. The van der Waals surface area contributed by atoms with Crippen molar-refractivity contribution < 1.29 is 36.2 Å². The van der Waals surface area contributed by atoms with E-state index in [-0.39, 0.29) is 6.16 Å². The fraction of sp³-hybridized carbons (Fsp3) is 0.500. The van der Waals surface area contributed by atoms with E-state index in [1.807, 2.05) is 24.4 Å². The van der Waals surface area contributed by atoms with Crippen molar-refractivity contribution in [3.63, 3.8) is 0 Å². The maximum absolute atomic E-state index is 9.93. The van der Waals surface area contributed by atoms with Crippen LogP contribution in [0.15, 0.2) is 29.0 Å². The van der Waals surface area contributed by atoms with E-state index in [0.717, 1.165) is 11.1 Å². The first-order valence-electron chi connectivity index (χ1n) is 5.96. The van der Waals surface area contributed by atoms with Crippen LogP contribution in [0.4, 0.5) is 17.3 Å². The molecule has 0 spiro atoms. The zero-order valence-corrected chi connectivity index (χ0v) is 14.1. The Morgan fingerprint density at radius 2 is 1.71 bits per heavy atom. The topological polar surface area (TPSA) is 61.4 Å². The molecule has 1 aromatic heterocycles. The van der Waals surface area contributed by atoms with Gasteiger partial charge in [-0.25, -0.2) is 0 Å². The first kappa shape index (κ1) is 22.8. The fourth-order valence-electron chi connectivity index (χ4n) is 1.00. The number of aromatic nitrogens is 1. The van der Waals surface area contributed by atoms with Crippen LogP contribution in [0.3, 0.4) is 0 Å². The highest BCUT2D eigenvalue weighted by Crippen LogP contribution is 2.34. The van der Waals surface area contributed by atoms with Gasteiger partial charge in [-0.05, 0) is 19.4 Å². The van der Waals surface area contributed by atoms with Crippen molar-refractivity contribution in [2.24, 2.45) is 0 Å². The lowest BCUT2D eigenvalue weighted by molar-refractivity contribution is -0.704. The van der Waals surface area contributed by atoms with Crippen LogP contribution < -0.4 is 4.57 Å². The molecule has 1 heterocycles. The molecule has 0 radical (unpaired) electrons. The third kappa shape index (κ3) is 22.0. The maximum Gasteiger partial charge on any atom is 0.673 e. The Labute approximate surface area is 129 Å². The molecule has 4 nitrogen and oxygen atoms in total. The normalized spacial score (nSPS) is 10.9. The Bertz CT molecular complexity index is 439. The van der Waals surface area contributed by atoms with Crippen LogP contribution in [-0.4, -0.2) is 23.2 Å². The molecule has 0 aromatic carbocycles. The average molecular weight is 398 g/mol. The third-order valence-corrected chi connectivity index (χ3v) is 3.49. The van der Waals surface area contributed by atoms with Gasteiger partial charge in [0.25, 0.3) is 0 Å². The summed E-state index contributed by atoms with van der Waals surface area (Å²) < 4.78 is 52.2. The molecule has 2 N–H and O–H groups in total. The van der Waals surface area contributed by atoms with Gasteiger partial charge in [0.15, 0.2) is 6.20 Å². The van der Waals surface area contributed by atoms with Gasteiger partial charge in [0.05, 0.1) is 0 Å². The number of pyridine rings is 1. The van der Waals surface area contributed by atoms with Crippen molar-refractivity contribution in [3.05, 3.63) is 29.0 Å². The molecule has 0 aliphatic carbocycles. The Balaban J connectivity index is 0. The molecule has 0 amide bonds. The number of nitrogens with zero attached hydrogens (tertiary/aromatic N) is 1. The van der Waals surface area contributed by atoms with Gasteiger partial charge in [-0.1, -0.05) is 6.92 Å². The summed E-state index contributed by atoms with van der Waals surface area (Å²) in [5, 5.41) is 0. The van der Waals surface area contributed by atoms with Crippen molar-refractivity contribution in [2.75, 3.05) is 6.16 Å². The van der Waals surface area contributed by atoms with Gasteiger partial charge < -0.3 is 27.0 Å². The average Bonchev–Trinajstić information content (AvgIpc) is 2.26. The quantitative estimate of drug-likeness (QED) is 0.269. The van der Waals surface area contributed by atoms with E-state index in [0.29, 0.717) is 6.42 Å². The molecule has 1 rings (SSSR count). The van der Waals surface area contributed by atoms with E-state index >= 15 is 0 Å². The number of hydrogen-bond acceptors (Lipinski definition) is 1. The molecule has 11 heteroatoms. The molecule has 0 unspecified atom stereocenters. The summed E-state index contributed by atoms with van der Waals surface area (Å²) in [4.78, 5) is 16.3. The molecule has 1 aromatic rings. The lowest BCUT2D eigenvalue weighted by atomic mass is 10.3. The van der Waals surface area contributed by atoms with Crippen molar-refractivity contribution in [1.82, 2.24) is 0 Å². The number of aryl methyl sites for hydroxylation is 1. The molecule has 0 bridgehead atoms. The first-order valence-corrected chi connectivity index (χ1v) is 8.55. The van der Waals surface area contributed by atoms with Gasteiger partial charge in [-0.2, -0.15) is 4.57 Å². The summed E-state index contributed by atoms with van der Waals surface area (Å²) in [5.41, 5.74) is 0. The van der Waals surface area contributed by atoms with Gasteiger partial charge in [0.2, 0.25) is 4.60 Å². The second-order valence-electron chi connectivity index (χ2n) is 3.69. The van der Waals surface area contributed by atoms with Crippen molar-refractivity contribution in [1.29, 1.82) is 0 Å². The molecule has 0 aliphatic rings. The molecular formula is C10H18BBrF4NO3P. The predicted octanol–water partition coefficient (Wildman–Crippen LogP) is 3.63. The van der Waals surface area contributed by atoms with Crippen LogP contribution >= 0.6 is 23.5 Å². The highest BCUT2D eigenvalue weighted by molar-refractivity contribution is 9.10. The summed E-state index contributed by atoms with van der Waals surface area (Å²) in [7, 11) is -9.67. The summed E-state index contributed by atoms with van der Waals surface area (Å²) in [6, 6.07) is 6.06. The van der Waals surface area contributed by atoms with E-state index in [9.17, 15) is 21.8 Å². The van der Waals surface area contributed by atoms with E-state index in [2.05, 4.69) is 27.4 Å². The van der Waals surface area contributed by atoms with Crippen LogP contribution in [0.2, 0.25) is 0 Å². The van der Waals surface area contributed by atoms with Gasteiger partial charge >= 0.3 is 14.9 Å². The first-order chi connectivity index (χ1) is 9.40. The second-order valence-corrected chi connectivity index (χ2v) is 6.28. The van der Waals surface area contributed by atoms with E-state index in [1.165, 1.54) is 0 Å². The van der Waals surface area contributed by atoms with Gasteiger partial charge in [-0.3, -0.25) is 4.57 Å². The molecule has 0 aliphatic heterocycles. The standard InChI is InChI=1S/C7H9BrN.C3H9O3P.BF4/c1-2-9-6-4-3-5-7(9)8;1-2-3-7(4,5)6;2-1(3,4)5/h3-6H,2H2,1H3;2-3H2,1H3,(H2,4,5,6);/q+1;;-1. The van der Waals surface area contributed by atoms with Crippen LogP contribution in [0, 0.1) is 0 Å². The minimum Gasteiger partial charge on any atom is -0.418 e. The van der Waals surface area contributed by atoms with Gasteiger partial charge in [-0.15, -0.1) is 0 Å². The zero-order valence-electron chi connectivity index (χ0n) is 11.6. The molecule has 21 heavy (non-hydrogen) atoms. The molecule has 124 valence electrons.